The minimum Gasteiger partial charge on any atom is -0.386 e. The van der Waals surface area contributed by atoms with Gasteiger partial charge in [0.2, 0.25) is 10.0 Å². The van der Waals surface area contributed by atoms with E-state index in [0.717, 1.165) is 19.3 Å². The molecule has 2 fully saturated rings. The molecule has 2 aliphatic rings. The van der Waals surface area contributed by atoms with Crippen LogP contribution < -0.4 is 5.73 Å². The zero-order valence-corrected chi connectivity index (χ0v) is 12.3. The van der Waals surface area contributed by atoms with Crippen LogP contribution >= 0.6 is 0 Å². The minimum atomic E-state index is -3.07. The lowest BCUT2D eigenvalue weighted by atomic mass is 10.1. The average Bonchev–Trinajstić information content (AvgIpc) is 3.13. The summed E-state index contributed by atoms with van der Waals surface area (Å²) in [7, 11) is -3.07. The van der Waals surface area contributed by atoms with Gasteiger partial charge >= 0.3 is 0 Å². The molecule has 0 amide bonds. The number of nitrogens with zero attached hydrogens (tertiary/aromatic N) is 2. The van der Waals surface area contributed by atoms with Gasteiger partial charge < -0.3 is 5.73 Å². The van der Waals surface area contributed by atoms with E-state index in [4.69, 9.17) is 11.1 Å². The number of sulfonamides is 1. The van der Waals surface area contributed by atoms with Gasteiger partial charge in [-0.1, -0.05) is 6.92 Å². The van der Waals surface area contributed by atoms with Gasteiger partial charge in [0, 0.05) is 26.2 Å². The van der Waals surface area contributed by atoms with Gasteiger partial charge in [-0.05, 0) is 25.2 Å². The molecule has 3 N–H and O–H groups in total. The van der Waals surface area contributed by atoms with Crippen LogP contribution in [0.25, 0.3) is 0 Å². The molecule has 7 heteroatoms. The van der Waals surface area contributed by atoms with Gasteiger partial charge in [-0.25, -0.2) is 8.42 Å². The highest BCUT2D eigenvalue weighted by atomic mass is 32.2. The predicted molar refractivity (Wildman–Crippen MR) is 75.6 cm³/mol. The maximum absolute atomic E-state index is 12.2. The number of nitrogens with one attached hydrogen (secondary N) is 1. The fourth-order valence-corrected chi connectivity index (χ4v) is 4.52. The maximum atomic E-state index is 12.2. The van der Waals surface area contributed by atoms with Crippen molar-refractivity contribution < 1.29 is 8.42 Å². The molecule has 1 saturated carbocycles. The molecule has 0 aromatic heterocycles. The second-order valence-electron chi connectivity index (χ2n) is 5.54. The van der Waals surface area contributed by atoms with Crippen molar-refractivity contribution in [2.24, 2.45) is 11.7 Å². The van der Waals surface area contributed by atoms with Crippen molar-refractivity contribution in [2.75, 3.05) is 31.9 Å². The highest BCUT2D eigenvalue weighted by molar-refractivity contribution is 7.89. The van der Waals surface area contributed by atoms with E-state index in [-0.39, 0.29) is 11.9 Å². The molecular formula is C12H24N4O2S. The van der Waals surface area contributed by atoms with Crippen molar-refractivity contribution in [1.29, 1.82) is 5.41 Å². The third-order valence-electron chi connectivity index (χ3n) is 4.00. The van der Waals surface area contributed by atoms with Crippen LogP contribution in [0.1, 0.15) is 26.2 Å². The van der Waals surface area contributed by atoms with Crippen LogP contribution in [0.3, 0.4) is 0 Å². The predicted octanol–water partition coefficient (Wildman–Crippen LogP) is 0.0584. The van der Waals surface area contributed by atoms with Gasteiger partial charge in [0.1, 0.15) is 5.84 Å². The summed E-state index contributed by atoms with van der Waals surface area (Å²) >= 11 is 0. The van der Waals surface area contributed by atoms with E-state index in [2.05, 4.69) is 4.90 Å². The molecule has 6 nitrogen and oxygen atoms in total. The summed E-state index contributed by atoms with van der Waals surface area (Å²) in [5.41, 5.74) is 5.58. The van der Waals surface area contributed by atoms with Crippen LogP contribution in [0.2, 0.25) is 0 Å². The van der Waals surface area contributed by atoms with Crippen LogP contribution in [0, 0.1) is 11.3 Å². The topological polar surface area (TPSA) is 90.5 Å². The van der Waals surface area contributed by atoms with Crippen molar-refractivity contribution in [3.8, 4) is 0 Å². The summed E-state index contributed by atoms with van der Waals surface area (Å²) in [5.74, 6) is 0.886. The smallest absolute Gasteiger partial charge is 0.214 e. The number of hydrogen-bond acceptors (Lipinski definition) is 4. The van der Waals surface area contributed by atoms with Crippen LogP contribution in [-0.2, 0) is 10.0 Å². The van der Waals surface area contributed by atoms with Crippen LogP contribution in [0.4, 0.5) is 0 Å². The largest absolute Gasteiger partial charge is 0.386 e. The molecule has 0 aromatic rings. The van der Waals surface area contributed by atoms with E-state index in [1.54, 1.807) is 4.31 Å². The summed E-state index contributed by atoms with van der Waals surface area (Å²) in [4.78, 5) is 2.12. The van der Waals surface area contributed by atoms with Gasteiger partial charge in [-0.3, -0.25) is 10.3 Å². The maximum Gasteiger partial charge on any atom is 0.214 e. The van der Waals surface area contributed by atoms with Gasteiger partial charge in [-0.15, -0.1) is 0 Å². The molecule has 1 aliphatic carbocycles. The van der Waals surface area contributed by atoms with Crippen molar-refractivity contribution in [3.63, 3.8) is 0 Å². The molecule has 1 heterocycles. The average molecular weight is 288 g/mol. The number of rotatable bonds is 6. The Bertz CT molecular complexity index is 425. The molecule has 0 aromatic carbocycles. The van der Waals surface area contributed by atoms with Crippen LogP contribution in [-0.4, -0.2) is 61.4 Å². The fraction of sp³-hybridized carbons (Fsp3) is 0.917. The molecule has 19 heavy (non-hydrogen) atoms. The Morgan fingerprint density at radius 3 is 2.32 bits per heavy atom. The van der Waals surface area contributed by atoms with Gasteiger partial charge in [-0.2, -0.15) is 4.31 Å². The van der Waals surface area contributed by atoms with E-state index in [1.807, 2.05) is 6.92 Å². The second kappa shape index (κ2) is 5.76. The first-order chi connectivity index (χ1) is 8.94. The van der Waals surface area contributed by atoms with Crippen LogP contribution in [0.5, 0.6) is 0 Å². The first kappa shape index (κ1) is 14.7. The number of hydrogen-bond donors (Lipinski definition) is 2. The first-order valence-electron chi connectivity index (χ1n) is 7.00. The summed E-state index contributed by atoms with van der Waals surface area (Å²) in [6, 6.07) is -0.0479. The van der Waals surface area contributed by atoms with Crippen LogP contribution in [0.15, 0.2) is 0 Å². The molecule has 110 valence electrons. The molecule has 1 unspecified atom stereocenters. The van der Waals surface area contributed by atoms with E-state index >= 15 is 0 Å². The minimum absolute atomic E-state index is 0.0479. The monoisotopic (exact) mass is 288 g/mol. The summed E-state index contributed by atoms with van der Waals surface area (Å²) < 4.78 is 25.9. The third kappa shape index (κ3) is 3.67. The SMILES string of the molecule is CCC(C(=N)N)N1CCN(S(=O)(=O)CC2CC2)CC1. The fourth-order valence-electron chi connectivity index (χ4n) is 2.66. The van der Waals surface area contributed by atoms with E-state index < -0.39 is 10.0 Å². The summed E-state index contributed by atoms with van der Waals surface area (Å²) in [6.45, 7) is 4.39. The van der Waals surface area contributed by atoms with E-state index in [0.29, 0.717) is 37.8 Å². The second-order valence-corrected chi connectivity index (χ2v) is 7.55. The Labute approximate surface area is 115 Å². The Morgan fingerprint density at radius 2 is 1.89 bits per heavy atom. The Morgan fingerprint density at radius 1 is 1.32 bits per heavy atom. The molecule has 2 rings (SSSR count). The Kier molecular flexibility index (Phi) is 4.47. The molecule has 1 saturated heterocycles. The Balaban J connectivity index is 1.89. The molecule has 1 atom stereocenters. The Hall–Kier alpha value is -0.660. The van der Waals surface area contributed by atoms with E-state index in [1.165, 1.54) is 0 Å². The van der Waals surface area contributed by atoms with Crippen molar-refractivity contribution in [2.45, 2.75) is 32.2 Å². The molecule has 0 spiro atoms. The highest BCUT2D eigenvalue weighted by Crippen LogP contribution is 2.31. The van der Waals surface area contributed by atoms with E-state index in [9.17, 15) is 8.42 Å². The van der Waals surface area contributed by atoms with Crippen molar-refractivity contribution >= 4 is 15.9 Å². The zero-order chi connectivity index (χ0) is 14.0. The zero-order valence-electron chi connectivity index (χ0n) is 11.5. The number of piperazine rings is 1. The lowest BCUT2D eigenvalue weighted by molar-refractivity contribution is 0.163. The summed E-state index contributed by atoms with van der Waals surface area (Å²) in [6.07, 6.45) is 2.91. The normalized spacial score (nSPS) is 24.3. The van der Waals surface area contributed by atoms with Gasteiger partial charge in [0.15, 0.2) is 0 Å². The first-order valence-corrected chi connectivity index (χ1v) is 8.60. The standard InChI is InChI=1S/C12H24N4O2S/c1-2-11(12(13)14)15-5-7-16(8-6-15)19(17,18)9-10-3-4-10/h10-11H,2-9H2,1H3,(H3,13,14). The highest BCUT2D eigenvalue weighted by Gasteiger charge is 2.34. The summed E-state index contributed by atoms with van der Waals surface area (Å²) in [5, 5.41) is 7.57. The van der Waals surface area contributed by atoms with Crippen molar-refractivity contribution in [3.05, 3.63) is 0 Å². The number of nitrogens with two attached hydrogens (primary N) is 1. The lowest BCUT2D eigenvalue weighted by Crippen LogP contribution is -2.55. The number of amidine groups is 1. The molecule has 0 radical (unpaired) electrons. The third-order valence-corrected chi connectivity index (χ3v) is 6.04. The molecule has 0 bridgehead atoms. The quantitative estimate of drug-likeness (QED) is 0.534. The van der Waals surface area contributed by atoms with Crippen molar-refractivity contribution in [1.82, 2.24) is 9.21 Å². The lowest BCUT2D eigenvalue weighted by Gasteiger charge is -2.37. The van der Waals surface area contributed by atoms with Gasteiger partial charge in [0.05, 0.1) is 11.8 Å². The molecular weight excluding hydrogens is 264 g/mol. The van der Waals surface area contributed by atoms with Gasteiger partial charge in [0.25, 0.3) is 0 Å². The molecule has 1 aliphatic heterocycles.